The average molecular weight is 294 g/mol. The van der Waals surface area contributed by atoms with Crippen LogP contribution in [0.4, 0.5) is 0 Å². The second-order valence-electron chi connectivity index (χ2n) is 6.46. The van der Waals surface area contributed by atoms with E-state index in [4.69, 9.17) is 4.74 Å². The van der Waals surface area contributed by atoms with Crippen LogP contribution in [0.5, 0.6) is 0 Å². The molecule has 0 aliphatic carbocycles. The molecule has 1 saturated heterocycles. The number of imidazole rings is 1. The quantitative estimate of drug-likeness (QED) is 0.740. The first-order valence-electron chi connectivity index (χ1n) is 8.08. The first-order chi connectivity index (χ1) is 10.2. The van der Waals surface area contributed by atoms with Crippen molar-refractivity contribution in [2.24, 2.45) is 12.5 Å². The highest BCUT2D eigenvalue weighted by Gasteiger charge is 2.33. The van der Waals surface area contributed by atoms with Crippen molar-refractivity contribution in [3.63, 3.8) is 0 Å². The van der Waals surface area contributed by atoms with Gasteiger partial charge in [-0.25, -0.2) is 4.98 Å². The molecule has 1 aromatic rings. The lowest BCUT2D eigenvalue weighted by molar-refractivity contribution is -0.0239. The largest absolute Gasteiger partial charge is 0.381 e. The van der Waals surface area contributed by atoms with Gasteiger partial charge in [0.05, 0.1) is 13.2 Å². The van der Waals surface area contributed by atoms with Crippen molar-refractivity contribution in [1.82, 2.24) is 19.8 Å². The number of aromatic nitrogens is 2. The summed E-state index contributed by atoms with van der Waals surface area (Å²) >= 11 is 0. The van der Waals surface area contributed by atoms with E-state index >= 15 is 0 Å². The van der Waals surface area contributed by atoms with Gasteiger partial charge in [0.25, 0.3) is 0 Å². The number of nitrogens with zero attached hydrogens (tertiary/aromatic N) is 3. The molecule has 1 N–H and O–H groups in total. The van der Waals surface area contributed by atoms with Crippen LogP contribution >= 0.6 is 0 Å². The summed E-state index contributed by atoms with van der Waals surface area (Å²) in [6, 6.07) is 0. The zero-order valence-corrected chi connectivity index (χ0v) is 13.8. The van der Waals surface area contributed by atoms with Crippen LogP contribution in [-0.2, 0) is 18.3 Å². The monoisotopic (exact) mass is 294 g/mol. The van der Waals surface area contributed by atoms with Gasteiger partial charge in [-0.2, -0.15) is 0 Å². The Morgan fingerprint density at radius 1 is 1.52 bits per heavy atom. The number of ether oxygens (including phenoxy) is 1. The molecule has 1 atom stereocenters. The average Bonchev–Trinajstić information content (AvgIpc) is 2.85. The molecule has 0 bridgehead atoms. The summed E-state index contributed by atoms with van der Waals surface area (Å²) < 4.78 is 7.88. The van der Waals surface area contributed by atoms with Crippen molar-refractivity contribution < 1.29 is 4.74 Å². The molecule has 0 saturated carbocycles. The predicted octanol–water partition coefficient (Wildman–Crippen LogP) is 1.65. The van der Waals surface area contributed by atoms with Gasteiger partial charge in [-0.1, -0.05) is 6.92 Å². The highest BCUT2D eigenvalue weighted by atomic mass is 16.5. The molecule has 5 nitrogen and oxygen atoms in total. The normalized spacial score (nSPS) is 22.9. The molecule has 1 unspecified atom stereocenters. The number of aryl methyl sites for hydroxylation is 1. The fourth-order valence-corrected chi connectivity index (χ4v) is 3.18. The maximum Gasteiger partial charge on any atom is 0.122 e. The van der Waals surface area contributed by atoms with Crippen molar-refractivity contribution in [2.45, 2.75) is 32.7 Å². The van der Waals surface area contributed by atoms with Crippen molar-refractivity contribution in [3.05, 3.63) is 18.2 Å². The van der Waals surface area contributed by atoms with E-state index in [1.165, 1.54) is 19.3 Å². The van der Waals surface area contributed by atoms with E-state index in [0.717, 1.165) is 45.2 Å². The molecular formula is C16H30N4O. The highest BCUT2D eigenvalue weighted by molar-refractivity contribution is 4.93. The minimum Gasteiger partial charge on any atom is -0.381 e. The fourth-order valence-electron chi connectivity index (χ4n) is 3.18. The summed E-state index contributed by atoms with van der Waals surface area (Å²) in [5.74, 6) is 1.12. The zero-order valence-electron chi connectivity index (χ0n) is 13.8. The van der Waals surface area contributed by atoms with Gasteiger partial charge < -0.3 is 14.6 Å². The number of nitrogens with one attached hydrogen (secondary N) is 1. The van der Waals surface area contributed by atoms with E-state index < -0.39 is 0 Å². The fraction of sp³-hybridized carbons (Fsp3) is 0.812. The molecule has 2 rings (SSSR count). The summed E-state index contributed by atoms with van der Waals surface area (Å²) in [6.07, 6.45) is 7.47. The van der Waals surface area contributed by atoms with Gasteiger partial charge in [-0.15, -0.1) is 0 Å². The molecular weight excluding hydrogens is 264 g/mol. The Balaban J connectivity index is 1.92. The Hall–Kier alpha value is -0.910. The SMILES string of the molecule is CCCNCC1(CN(C)Cc2nccn2C)CCCOC1. The molecule has 5 heteroatoms. The lowest BCUT2D eigenvalue weighted by atomic mass is 9.81. The summed E-state index contributed by atoms with van der Waals surface area (Å²) in [5, 5.41) is 3.59. The first kappa shape index (κ1) is 16.5. The van der Waals surface area contributed by atoms with Crippen molar-refractivity contribution in [2.75, 3.05) is 39.9 Å². The van der Waals surface area contributed by atoms with Gasteiger partial charge in [0.2, 0.25) is 0 Å². The van der Waals surface area contributed by atoms with E-state index in [-0.39, 0.29) is 5.41 Å². The predicted molar refractivity (Wildman–Crippen MR) is 85.2 cm³/mol. The topological polar surface area (TPSA) is 42.3 Å². The van der Waals surface area contributed by atoms with Gasteiger partial charge >= 0.3 is 0 Å². The van der Waals surface area contributed by atoms with Gasteiger partial charge in [0, 0.05) is 44.6 Å². The molecule has 2 heterocycles. The molecule has 21 heavy (non-hydrogen) atoms. The van der Waals surface area contributed by atoms with Gasteiger partial charge in [-0.05, 0) is 32.9 Å². The van der Waals surface area contributed by atoms with Crippen LogP contribution in [0, 0.1) is 5.41 Å². The standard InChI is InChI=1S/C16H30N4O/c1-4-7-17-12-16(6-5-10-21-14-16)13-19(2)11-15-18-8-9-20(15)3/h8-9,17H,4-7,10-14H2,1-3H3. The summed E-state index contributed by atoms with van der Waals surface area (Å²) in [6.45, 7) is 8.07. The highest BCUT2D eigenvalue weighted by Crippen LogP contribution is 2.29. The first-order valence-corrected chi connectivity index (χ1v) is 8.08. The van der Waals surface area contributed by atoms with Crippen LogP contribution in [0.3, 0.4) is 0 Å². The summed E-state index contributed by atoms with van der Waals surface area (Å²) in [7, 11) is 4.24. The molecule has 1 aliphatic rings. The Bertz CT molecular complexity index is 412. The van der Waals surface area contributed by atoms with Crippen molar-refractivity contribution in [1.29, 1.82) is 0 Å². The number of rotatable bonds is 8. The number of hydrogen-bond acceptors (Lipinski definition) is 4. The van der Waals surface area contributed by atoms with Crippen LogP contribution in [0.2, 0.25) is 0 Å². The Morgan fingerprint density at radius 3 is 3.00 bits per heavy atom. The third-order valence-electron chi connectivity index (χ3n) is 4.27. The van der Waals surface area contributed by atoms with E-state index in [1.54, 1.807) is 0 Å². The lowest BCUT2D eigenvalue weighted by Crippen LogP contribution is -2.48. The van der Waals surface area contributed by atoms with Gasteiger partial charge in [-0.3, -0.25) is 4.90 Å². The molecule has 1 aromatic heterocycles. The van der Waals surface area contributed by atoms with E-state index in [2.05, 4.69) is 40.8 Å². The minimum atomic E-state index is 0.243. The summed E-state index contributed by atoms with van der Waals surface area (Å²) in [4.78, 5) is 6.80. The maximum absolute atomic E-state index is 5.79. The Labute approximate surface area is 128 Å². The van der Waals surface area contributed by atoms with E-state index in [1.807, 2.05) is 12.4 Å². The van der Waals surface area contributed by atoms with E-state index in [0.29, 0.717) is 0 Å². The second-order valence-corrected chi connectivity index (χ2v) is 6.46. The third kappa shape index (κ3) is 4.80. The van der Waals surface area contributed by atoms with Crippen LogP contribution in [-0.4, -0.2) is 54.3 Å². The van der Waals surface area contributed by atoms with E-state index in [9.17, 15) is 0 Å². The van der Waals surface area contributed by atoms with Crippen molar-refractivity contribution in [3.8, 4) is 0 Å². The second kappa shape index (κ2) is 7.92. The molecule has 0 amide bonds. The maximum atomic E-state index is 5.79. The van der Waals surface area contributed by atoms with Gasteiger partial charge in [0.1, 0.15) is 5.82 Å². The Kier molecular flexibility index (Phi) is 6.21. The van der Waals surface area contributed by atoms with Crippen LogP contribution in [0.25, 0.3) is 0 Å². The van der Waals surface area contributed by atoms with Crippen LogP contribution in [0.1, 0.15) is 32.0 Å². The van der Waals surface area contributed by atoms with Crippen molar-refractivity contribution >= 4 is 0 Å². The lowest BCUT2D eigenvalue weighted by Gasteiger charge is -2.40. The molecule has 1 fully saturated rings. The number of hydrogen-bond donors (Lipinski definition) is 1. The molecule has 0 spiro atoms. The Morgan fingerprint density at radius 2 is 2.38 bits per heavy atom. The minimum absolute atomic E-state index is 0.243. The third-order valence-corrected chi connectivity index (χ3v) is 4.27. The van der Waals surface area contributed by atoms with Crippen LogP contribution < -0.4 is 5.32 Å². The molecule has 0 radical (unpaired) electrons. The smallest absolute Gasteiger partial charge is 0.122 e. The van der Waals surface area contributed by atoms with Gasteiger partial charge in [0.15, 0.2) is 0 Å². The molecule has 0 aromatic carbocycles. The molecule has 1 aliphatic heterocycles. The van der Waals surface area contributed by atoms with Crippen LogP contribution in [0.15, 0.2) is 12.4 Å². The zero-order chi connectivity index (χ0) is 15.1. The summed E-state index contributed by atoms with van der Waals surface area (Å²) in [5.41, 5.74) is 0.243. The molecule has 120 valence electrons.